The van der Waals surface area contributed by atoms with Crippen molar-refractivity contribution in [3.63, 3.8) is 0 Å². The summed E-state index contributed by atoms with van der Waals surface area (Å²) < 4.78 is 16.1. The number of aryl methyl sites for hydroxylation is 1. The van der Waals surface area contributed by atoms with Crippen molar-refractivity contribution >= 4 is 29.2 Å². The van der Waals surface area contributed by atoms with Crippen molar-refractivity contribution in [2.45, 2.75) is 46.5 Å². The van der Waals surface area contributed by atoms with Gasteiger partial charge in [0, 0.05) is 11.1 Å². The first kappa shape index (κ1) is 22.7. The molecule has 0 aromatic heterocycles. The number of nitrogens with one attached hydrogen (secondary N) is 1. The zero-order valence-electron chi connectivity index (χ0n) is 17.2. The molecule has 0 aliphatic rings. The van der Waals surface area contributed by atoms with Crippen LogP contribution in [0.1, 0.15) is 42.3 Å². The highest BCUT2D eigenvalue weighted by Crippen LogP contribution is 2.31. The summed E-state index contributed by atoms with van der Waals surface area (Å²) in [6.45, 7) is 7.70. The number of amides is 1. The van der Waals surface area contributed by atoms with Gasteiger partial charge >= 0.3 is 5.97 Å². The average molecular weight is 420 g/mol. The lowest BCUT2D eigenvalue weighted by molar-refractivity contribution is -0.123. The number of hydrogen-bond acceptors (Lipinski definition) is 5. The fourth-order valence-corrected chi connectivity index (χ4v) is 2.60. The van der Waals surface area contributed by atoms with Crippen LogP contribution < -0.4 is 10.1 Å². The highest BCUT2D eigenvalue weighted by atomic mass is 35.5. The third-order valence-electron chi connectivity index (χ3n) is 4.16. The number of hydrogen-bond donors (Lipinski definition) is 1. The molecule has 2 rings (SSSR count). The molecule has 0 spiro atoms. The fraction of sp³-hybridized carbons (Fsp3) is 0.364. The maximum atomic E-state index is 12.5. The second kappa shape index (κ2) is 10.3. The summed E-state index contributed by atoms with van der Waals surface area (Å²) in [6.07, 6.45) is -0.866. The van der Waals surface area contributed by atoms with Crippen molar-refractivity contribution in [1.29, 1.82) is 0 Å². The molecule has 0 radical (unpaired) electrons. The number of benzene rings is 2. The summed E-state index contributed by atoms with van der Waals surface area (Å²) in [7, 11) is 1.48. The number of carbonyl (C=O) groups is 2. The Bertz CT molecular complexity index is 864. The molecule has 0 aliphatic carbocycles. The molecule has 0 heterocycles. The van der Waals surface area contributed by atoms with Crippen LogP contribution in [0.25, 0.3) is 0 Å². The molecule has 0 aliphatic heterocycles. The molecule has 0 bridgehead atoms. The van der Waals surface area contributed by atoms with E-state index in [0.717, 1.165) is 11.1 Å². The molecular weight excluding hydrogens is 394 g/mol. The summed E-state index contributed by atoms with van der Waals surface area (Å²) in [5.74, 6) is -0.629. The maximum Gasteiger partial charge on any atom is 0.338 e. The molecule has 29 heavy (non-hydrogen) atoms. The molecular formula is C22H26ClNO5. The van der Waals surface area contributed by atoms with Crippen molar-refractivity contribution in [3.05, 3.63) is 58.1 Å². The van der Waals surface area contributed by atoms with E-state index >= 15 is 0 Å². The highest BCUT2D eigenvalue weighted by Gasteiger charge is 2.20. The zero-order chi connectivity index (χ0) is 21.6. The fourth-order valence-electron chi connectivity index (χ4n) is 2.45. The third-order valence-corrected chi connectivity index (χ3v) is 4.57. The van der Waals surface area contributed by atoms with E-state index in [0.29, 0.717) is 28.6 Å². The van der Waals surface area contributed by atoms with Gasteiger partial charge in [-0.2, -0.15) is 0 Å². The summed E-state index contributed by atoms with van der Waals surface area (Å²) in [5, 5.41) is 3.24. The Morgan fingerprint density at radius 2 is 1.76 bits per heavy atom. The van der Waals surface area contributed by atoms with E-state index in [-0.39, 0.29) is 6.10 Å². The average Bonchev–Trinajstić information content (AvgIpc) is 2.69. The molecule has 7 heteroatoms. The van der Waals surface area contributed by atoms with Crippen LogP contribution in [0.3, 0.4) is 0 Å². The largest absolute Gasteiger partial charge is 0.495 e. The summed E-state index contributed by atoms with van der Waals surface area (Å²) >= 11 is 6.08. The standard InChI is InChI=1S/C22H26ClNO5/c1-13(2)28-12-16-6-8-17(9-7-16)22(26)29-15(4)21(25)24-19-10-14(3)18(23)11-20(19)27-5/h6-11,13,15H,12H2,1-5H3,(H,24,25)/t15-/m0/s1. The predicted molar refractivity (Wildman–Crippen MR) is 113 cm³/mol. The minimum atomic E-state index is -0.993. The van der Waals surface area contributed by atoms with Crippen molar-refractivity contribution in [1.82, 2.24) is 0 Å². The molecule has 0 fully saturated rings. The van der Waals surface area contributed by atoms with Gasteiger partial charge in [-0.1, -0.05) is 23.7 Å². The van der Waals surface area contributed by atoms with Gasteiger partial charge in [0.15, 0.2) is 6.10 Å². The second-order valence-corrected chi connectivity index (χ2v) is 7.30. The van der Waals surface area contributed by atoms with Gasteiger partial charge < -0.3 is 19.5 Å². The molecule has 1 N–H and O–H groups in total. The van der Waals surface area contributed by atoms with Crippen molar-refractivity contribution < 1.29 is 23.8 Å². The Morgan fingerprint density at radius 1 is 1.10 bits per heavy atom. The van der Waals surface area contributed by atoms with Crippen LogP contribution >= 0.6 is 11.6 Å². The van der Waals surface area contributed by atoms with Crippen LogP contribution in [0, 0.1) is 6.92 Å². The van der Waals surface area contributed by atoms with E-state index in [1.54, 1.807) is 36.4 Å². The van der Waals surface area contributed by atoms with Gasteiger partial charge in [-0.25, -0.2) is 4.79 Å². The second-order valence-electron chi connectivity index (χ2n) is 6.90. The topological polar surface area (TPSA) is 73.9 Å². The van der Waals surface area contributed by atoms with Crippen molar-refractivity contribution in [2.24, 2.45) is 0 Å². The Balaban J connectivity index is 1.99. The van der Waals surface area contributed by atoms with Crippen LogP contribution in [0.15, 0.2) is 36.4 Å². The number of ether oxygens (including phenoxy) is 3. The lowest BCUT2D eigenvalue weighted by Gasteiger charge is -2.16. The minimum absolute atomic E-state index is 0.127. The summed E-state index contributed by atoms with van der Waals surface area (Å²) in [6, 6.07) is 10.2. The van der Waals surface area contributed by atoms with Crippen LogP contribution in [-0.4, -0.2) is 31.2 Å². The van der Waals surface area contributed by atoms with E-state index in [1.807, 2.05) is 20.8 Å². The van der Waals surface area contributed by atoms with Gasteiger partial charge in [0.1, 0.15) is 5.75 Å². The normalized spacial score (nSPS) is 11.8. The number of anilines is 1. The molecule has 6 nitrogen and oxygen atoms in total. The molecule has 2 aromatic carbocycles. The molecule has 156 valence electrons. The molecule has 0 saturated heterocycles. The van der Waals surface area contributed by atoms with Crippen LogP contribution in [-0.2, 0) is 20.9 Å². The van der Waals surface area contributed by atoms with Crippen LogP contribution in [0.4, 0.5) is 5.69 Å². The molecule has 1 atom stereocenters. The van der Waals surface area contributed by atoms with Crippen LogP contribution in [0.5, 0.6) is 5.75 Å². The Labute approximate surface area is 176 Å². The first-order chi connectivity index (χ1) is 13.7. The van der Waals surface area contributed by atoms with Gasteiger partial charge in [-0.3, -0.25) is 4.79 Å². The lowest BCUT2D eigenvalue weighted by atomic mass is 10.1. The first-order valence-electron chi connectivity index (χ1n) is 9.27. The Hall–Kier alpha value is -2.57. The molecule has 0 unspecified atom stereocenters. The third kappa shape index (κ3) is 6.48. The highest BCUT2D eigenvalue weighted by molar-refractivity contribution is 6.31. The quantitative estimate of drug-likeness (QED) is 0.624. The van der Waals surface area contributed by atoms with E-state index in [1.165, 1.54) is 14.0 Å². The van der Waals surface area contributed by atoms with Gasteiger partial charge in [0.25, 0.3) is 5.91 Å². The molecule has 0 saturated carbocycles. The van der Waals surface area contributed by atoms with Crippen LogP contribution in [0.2, 0.25) is 5.02 Å². The van der Waals surface area contributed by atoms with Gasteiger partial charge in [0.05, 0.1) is 31.1 Å². The maximum absolute atomic E-state index is 12.5. The van der Waals surface area contributed by atoms with Gasteiger partial charge in [-0.05, 0) is 57.0 Å². The number of esters is 1. The van der Waals surface area contributed by atoms with Gasteiger partial charge in [-0.15, -0.1) is 0 Å². The Kier molecular flexibility index (Phi) is 8.05. The smallest absolute Gasteiger partial charge is 0.338 e. The van der Waals surface area contributed by atoms with E-state index < -0.39 is 18.0 Å². The van der Waals surface area contributed by atoms with Crippen molar-refractivity contribution in [2.75, 3.05) is 12.4 Å². The lowest BCUT2D eigenvalue weighted by Crippen LogP contribution is -2.30. The predicted octanol–water partition coefficient (Wildman–Crippen LogP) is 4.77. The Morgan fingerprint density at radius 3 is 2.34 bits per heavy atom. The number of rotatable bonds is 8. The SMILES string of the molecule is COc1cc(Cl)c(C)cc1NC(=O)[C@H](C)OC(=O)c1ccc(COC(C)C)cc1. The van der Waals surface area contributed by atoms with Crippen molar-refractivity contribution in [3.8, 4) is 5.75 Å². The minimum Gasteiger partial charge on any atom is -0.495 e. The van der Waals surface area contributed by atoms with Gasteiger partial charge in [0.2, 0.25) is 0 Å². The zero-order valence-corrected chi connectivity index (χ0v) is 18.0. The van der Waals surface area contributed by atoms with E-state index in [9.17, 15) is 9.59 Å². The number of methoxy groups -OCH3 is 1. The summed E-state index contributed by atoms with van der Waals surface area (Å²) in [5.41, 5.74) is 2.55. The molecule has 1 amide bonds. The first-order valence-corrected chi connectivity index (χ1v) is 9.65. The summed E-state index contributed by atoms with van der Waals surface area (Å²) in [4.78, 5) is 24.8. The number of carbonyl (C=O) groups excluding carboxylic acids is 2. The van der Waals surface area contributed by atoms with E-state index in [2.05, 4.69) is 5.32 Å². The molecule has 2 aromatic rings. The number of halogens is 1. The van der Waals surface area contributed by atoms with E-state index in [4.69, 9.17) is 25.8 Å². The monoisotopic (exact) mass is 419 g/mol.